The van der Waals surface area contributed by atoms with E-state index in [9.17, 15) is 8.78 Å². The molecule has 2 rings (SSSR count). The molecule has 82 valence electrons. The van der Waals surface area contributed by atoms with Crippen molar-refractivity contribution in [3.8, 4) is 0 Å². The maximum absolute atomic E-state index is 13.6. The van der Waals surface area contributed by atoms with Crippen LogP contribution in [0.1, 0.15) is 24.3 Å². The van der Waals surface area contributed by atoms with Crippen molar-refractivity contribution in [3.63, 3.8) is 0 Å². The molecule has 1 fully saturated rings. The number of hydrogen-bond acceptors (Lipinski definition) is 2. The molecule has 1 heterocycles. The van der Waals surface area contributed by atoms with Gasteiger partial charge in [-0.3, -0.25) is 0 Å². The molecule has 0 bridgehead atoms. The zero-order valence-electron chi connectivity index (χ0n) is 8.30. The molecule has 2 N–H and O–H groups in total. The van der Waals surface area contributed by atoms with Crippen molar-refractivity contribution in [1.29, 1.82) is 0 Å². The lowest BCUT2D eigenvalue weighted by Crippen LogP contribution is -2.12. The van der Waals surface area contributed by atoms with E-state index in [-0.39, 0.29) is 17.2 Å². The van der Waals surface area contributed by atoms with Crippen LogP contribution in [0.3, 0.4) is 0 Å². The summed E-state index contributed by atoms with van der Waals surface area (Å²) in [6, 6.07) is 2.42. The molecule has 1 saturated heterocycles. The molecule has 0 atom stereocenters. The van der Waals surface area contributed by atoms with E-state index in [0.29, 0.717) is 0 Å². The summed E-state index contributed by atoms with van der Waals surface area (Å²) in [5.41, 5.74) is 5.75. The van der Waals surface area contributed by atoms with Gasteiger partial charge in [0.25, 0.3) is 0 Å². The summed E-state index contributed by atoms with van der Waals surface area (Å²) in [7, 11) is 0. The van der Waals surface area contributed by atoms with Gasteiger partial charge in [0.2, 0.25) is 0 Å². The lowest BCUT2D eigenvalue weighted by atomic mass is 9.92. The Hall–Kier alpha value is -0.770. The van der Waals surface area contributed by atoms with Crippen LogP contribution in [0.25, 0.3) is 0 Å². The number of halogens is 2. The lowest BCUT2D eigenvalue weighted by molar-refractivity contribution is 0.507. The first-order chi connectivity index (χ1) is 7.18. The van der Waals surface area contributed by atoms with E-state index in [1.54, 1.807) is 0 Å². The van der Waals surface area contributed by atoms with Gasteiger partial charge >= 0.3 is 0 Å². The molecular formula is C11H13F2NS. The van der Waals surface area contributed by atoms with E-state index in [1.165, 1.54) is 12.1 Å². The van der Waals surface area contributed by atoms with Crippen LogP contribution in [-0.2, 0) is 0 Å². The number of nitrogen functional groups attached to an aromatic ring is 1. The van der Waals surface area contributed by atoms with Gasteiger partial charge in [0.15, 0.2) is 0 Å². The second-order valence-electron chi connectivity index (χ2n) is 3.78. The molecule has 15 heavy (non-hydrogen) atoms. The Kier molecular flexibility index (Phi) is 3.14. The van der Waals surface area contributed by atoms with Crippen LogP contribution in [0.2, 0.25) is 0 Å². The van der Waals surface area contributed by atoms with Crippen molar-refractivity contribution < 1.29 is 8.78 Å². The monoisotopic (exact) mass is 229 g/mol. The highest BCUT2D eigenvalue weighted by atomic mass is 32.2. The average Bonchev–Trinajstić information content (AvgIpc) is 2.17. The predicted octanol–water partition coefficient (Wildman–Crippen LogP) is 3.16. The summed E-state index contributed by atoms with van der Waals surface area (Å²) in [5, 5.41) is 0. The number of anilines is 1. The molecular weight excluding hydrogens is 216 g/mol. The molecule has 0 saturated carbocycles. The van der Waals surface area contributed by atoms with Crippen LogP contribution in [0, 0.1) is 11.6 Å². The maximum atomic E-state index is 13.6. The third kappa shape index (κ3) is 2.25. The highest BCUT2D eigenvalue weighted by Crippen LogP contribution is 2.35. The van der Waals surface area contributed by atoms with Gasteiger partial charge in [-0.05, 0) is 42.4 Å². The zero-order valence-corrected chi connectivity index (χ0v) is 9.12. The second kappa shape index (κ2) is 4.39. The molecule has 0 aliphatic carbocycles. The van der Waals surface area contributed by atoms with Crippen molar-refractivity contribution in [2.45, 2.75) is 18.8 Å². The molecule has 0 spiro atoms. The van der Waals surface area contributed by atoms with Crippen LogP contribution in [0.4, 0.5) is 14.5 Å². The largest absolute Gasteiger partial charge is 0.399 e. The molecule has 0 aromatic heterocycles. The maximum Gasteiger partial charge on any atom is 0.131 e. The quantitative estimate of drug-likeness (QED) is 0.749. The molecule has 1 aliphatic rings. The average molecular weight is 229 g/mol. The fraction of sp³-hybridized carbons (Fsp3) is 0.455. The molecule has 1 aromatic rings. The summed E-state index contributed by atoms with van der Waals surface area (Å²) in [4.78, 5) is 0. The molecule has 0 amide bonds. The Balaban J connectivity index is 2.33. The van der Waals surface area contributed by atoms with E-state index < -0.39 is 11.6 Å². The third-order valence-electron chi connectivity index (χ3n) is 2.73. The molecule has 1 nitrogen and oxygen atoms in total. The smallest absolute Gasteiger partial charge is 0.131 e. The molecule has 1 aliphatic heterocycles. The normalized spacial score (nSPS) is 18.0. The molecule has 0 unspecified atom stereocenters. The number of nitrogens with two attached hydrogens (primary N) is 1. The van der Waals surface area contributed by atoms with Gasteiger partial charge in [0.1, 0.15) is 11.6 Å². The van der Waals surface area contributed by atoms with Crippen molar-refractivity contribution in [3.05, 3.63) is 29.3 Å². The Morgan fingerprint density at radius 2 is 1.67 bits per heavy atom. The van der Waals surface area contributed by atoms with Crippen LogP contribution >= 0.6 is 11.8 Å². The topological polar surface area (TPSA) is 26.0 Å². The molecule has 0 radical (unpaired) electrons. The van der Waals surface area contributed by atoms with Gasteiger partial charge < -0.3 is 5.73 Å². The van der Waals surface area contributed by atoms with E-state index in [0.717, 1.165) is 24.3 Å². The second-order valence-corrected chi connectivity index (χ2v) is 5.01. The van der Waals surface area contributed by atoms with Crippen LogP contribution in [0.5, 0.6) is 0 Å². The fourth-order valence-corrected chi connectivity index (χ4v) is 3.09. The summed E-state index contributed by atoms with van der Waals surface area (Å²) >= 11 is 1.84. The highest BCUT2D eigenvalue weighted by Gasteiger charge is 2.22. The standard InChI is InChI=1S/C11H13F2NS/c12-9-5-8(14)6-10(13)11(9)7-1-3-15-4-2-7/h5-7H,1-4,14H2. The third-order valence-corrected chi connectivity index (χ3v) is 3.78. The lowest BCUT2D eigenvalue weighted by Gasteiger charge is -2.22. The zero-order chi connectivity index (χ0) is 10.8. The van der Waals surface area contributed by atoms with Crippen molar-refractivity contribution in [2.75, 3.05) is 17.2 Å². The Morgan fingerprint density at radius 3 is 2.20 bits per heavy atom. The summed E-state index contributed by atoms with van der Waals surface area (Å²) in [5.74, 6) is 0.989. The van der Waals surface area contributed by atoms with Gasteiger partial charge in [0.05, 0.1) is 0 Å². The number of thioether (sulfide) groups is 1. The minimum Gasteiger partial charge on any atom is -0.399 e. The summed E-state index contributed by atoms with van der Waals surface area (Å²) in [6.07, 6.45) is 1.70. The molecule has 1 aromatic carbocycles. The van der Waals surface area contributed by atoms with Gasteiger partial charge in [-0.15, -0.1) is 0 Å². The number of hydrogen-bond donors (Lipinski definition) is 1. The van der Waals surface area contributed by atoms with Gasteiger partial charge in [-0.1, -0.05) is 0 Å². The SMILES string of the molecule is Nc1cc(F)c(C2CCSCC2)c(F)c1. The van der Waals surface area contributed by atoms with Crippen LogP contribution < -0.4 is 5.73 Å². The number of rotatable bonds is 1. The van der Waals surface area contributed by atoms with Crippen molar-refractivity contribution in [2.24, 2.45) is 0 Å². The van der Waals surface area contributed by atoms with Gasteiger partial charge in [-0.2, -0.15) is 11.8 Å². The fourth-order valence-electron chi connectivity index (χ4n) is 1.98. The first kappa shape index (κ1) is 10.7. The Labute approximate surface area is 92.0 Å². The van der Waals surface area contributed by atoms with Crippen molar-refractivity contribution in [1.82, 2.24) is 0 Å². The first-order valence-electron chi connectivity index (χ1n) is 5.00. The minimum absolute atomic E-state index is 0.0202. The van der Waals surface area contributed by atoms with Crippen LogP contribution in [0.15, 0.2) is 12.1 Å². The van der Waals surface area contributed by atoms with E-state index in [4.69, 9.17) is 5.73 Å². The van der Waals surface area contributed by atoms with Crippen molar-refractivity contribution >= 4 is 17.4 Å². The Bertz CT molecular complexity index is 339. The predicted molar refractivity (Wildman–Crippen MR) is 60.1 cm³/mol. The van der Waals surface area contributed by atoms with Crippen LogP contribution in [-0.4, -0.2) is 11.5 Å². The summed E-state index contributed by atoms with van der Waals surface area (Å²) in [6.45, 7) is 0. The van der Waals surface area contributed by atoms with Gasteiger partial charge in [-0.25, -0.2) is 8.78 Å². The first-order valence-corrected chi connectivity index (χ1v) is 6.16. The number of benzene rings is 1. The highest BCUT2D eigenvalue weighted by molar-refractivity contribution is 7.99. The molecule has 4 heteroatoms. The summed E-state index contributed by atoms with van der Waals surface area (Å²) < 4.78 is 27.1. The van der Waals surface area contributed by atoms with E-state index in [2.05, 4.69) is 0 Å². The van der Waals surface area contributed by atoms with Gasteiger partial charge in [0, 0.05) is 11.3 Å². The van der Waals surface area contributed by atoms with E-state index >= 15 is 0 Å². The minimum atomic E-state index is -0.496. The van der Waals surface area contributed by atoms with E-state index in [1.807, 2.05) is 11.8 Å². The Morgan fingerprint density at radius 1 is 1.13 bits per heavy atom.